The smallest absolute Gasteiger partial charge is 0.144 e. The molecule has 1 unspecified atom stereocenters. The third-order valence-electron chi connectivity index (χ3n) is 3.13. The maximum absolute atomic E-state index is 9.02. The lowest BCUT2D eigenvalue weighted by Crippen LogP contribution is -2.15. The minimum absolute atomic E-state index is 0.514. The van der Waals surface area contributed by atoms with Crippen LogP contribution in [0.4, 0.5) is 11.5 Å². The first-order valence-electron chi connectivity index (χ1n) is 6.60. The molecule has 0 aromatic carbocycles. The highest BCUT2D eigenvalue weighted by atomic mass is 15.0. The summed E-state index contributed by atoms with van der Waals surface area (Å²) in [6.07, 6.45) is 6.41. The molecule has 98 valence electrons. The largest absolute Gasteiger partial charge is 0.397 e. The van der Waals surface area contributed by atoms with Gasteiger partial charge in [-0.25, -0.2) is 4.98 Å². The Morgan fingerprint density at radius 1 is 1.50 bits per heavy atom. The van der Waals surface area contributed by atoms with E-state index in [4.69, 9.17) is 11.0 Å². The molecule has 0 aliphatic carbocycles. The quantitative estimate of drug-likeness (QED) is 0.775. The Morgan fingerprint density at radius 2 is 2.28 bits per heavy atom. The van der Waals surface area contributed by atoms with Crippen molar-refractivity contribution < 1.29 is 0 Å². The fourth-order valence-electron chi connectivity index (χ4n) is 1.89. The van der Waals surface area contributed by atoms with Crippen molar-refractivity contribution in [3.05, 3.63) is 17.8 Å². The second-order valence-electron chi connectivity index (χ2n) is 4.57. The molecule has 1 heterocycles. The fourth-order valence-corrected chi connectivity index (χ4v) is 1.89. The molecule has 0 saturated carbocycles. The lowest BCUT2D eigenvalue weighted by Gasteiger charge is -2.16. The summed E-state index contributed by atoms with van der Waals surface area (Å²) in [5.41, 5.74) is 6.65. The number of hydrogen-bond acceptors (Lipinski definition) is 4. The number of aromatic nitrogens is 1. The Kier molecular flexibility index (Phi) is 5.99. The number of anilines is 2. The Labute approximate surface area is 109 Å². The van der Waals surface area contributed by atoms with E-state index in [0.29, 0.717) is 23.0 Å². The molecular weight excluding hydrogens is 224 g/mol. The van der Waals surface area contributed by atoms with Crippen LogP contribution in [0.5, 0.6) is 0 Å². The molecule has 0 bridgehead atoms. The van der Waals surface area contributed by atoms with Crippen LogP contribution >= 0.6 is 0 Å². The van der Waals surface area contributed by atoms with Crippen molar-refractivity contribution in [2.24, 2.45) is 5.92 Å². The third-order valence-corrected chi connectivity index (χ3v) is 3.13. The SMILES string of the molecule is CCCCC(CC)CNc1ncc(N)cc1C#N. The van der Waals surface area contributed by atoms with Gasteiger partial charge in [-0.1, -0.05) is 33.1 Å². The number of rotatable bonds is 7. The van der Waals surface area contributed by atoms with Crippen LogP contribution in [-0.2, 0) is 0 Å². The minimum atomic E-state index is 0.514. The molecule has 1 rings (SSSR count). The third kappa shape index (κ3) is 4.25. The first kappa shape index (κ1) is 14.3. The van der Waals surface area contributed by atoms with Crippen molar-refractivity contribution in [3.63, 3.8) is 0 Å². The number of nitrogens with two attached hydrogens (primary N) is 1. The van der Waals surface area contributed by atoms with Crippen LogP contribution in [0.2, 0.25) is 0 Å². The number of nitrogens with zero attached hydrogens (tertiary/aromatic N) is 2. The summed E-state index contributed by atoms with van der Waals surface area (Å²) < 4.78 is 0. The first-order valence-corrected chi connectivity index (χ1v) is 6.60. The summed E-state index contributed by atoms with van der Waals surface area (Å²) in [7, 11) is 0. The molecular formula is C14H22N4. The lowest BCUT2D eigenvalue weighted by molar-refractivity contribution is 0.472. The van der Waals surface area contributed by atoms with Gasteiger partial charge in [0.15, 0.2) is 0 Å². The van der Waals surface area contributed by atoms with Crippen LogP contribution in [0.25, 0.3) is 0 Å². The molecule has 0 spiro atoms. The van der Waals surface area contributed by atoms with Crippen molar-refractivity contribution in [3.8, 4) is 6.07 Å². The minimum Gasteiger partial charge on any atom is -0.397 e. The summed E-state index contributed by atoms with van der Waals surface area (Å²) in [5, 5.41) is 12.3. The van der Waals surface area contributed by atoms with Crippen LogP contribution in [0, 0.1) is 17.2 Å². The average molecular weight is 246 g/mol. The molecule has 4 heteroatoms. The van der Waals surface area contributed by atoms with Crippen molar-refractivity contribution in [1.29, 1.82) is 5.26 Å². The molecule has 0 aliphatic rings. The molecule has 0 fully saturated rings. The molecule has 0 amide bonds. The van der Waals surface area contributed by atoms with Crippen LogP contribution in [0.3, 0.4) is 0 Å². The highest BCUT2D eigenvalue weighted by molar-refractivity contribution is 5.57. The summed E-state index contributed by atoms with van der Waals surface area (Å²) in [6, 6.07) is 3.77. The zero-order valence-electron chi connectivity index (χ0n) is 11.2. The maximum atomic E-state index is 9.02. The Bertz CT molecular complexity index is 409. The van der Waals surface area contributed by atoms with E-state index < -0.39 is 0 Å². The van der Waals surface area contributed by atoms with Crippen LogP contribution in [0.15, 0.2) is 12.3 Å². The molecule has 0 saturated heterocycles. The van der Waals surface area contributed by atoms with Crippen molar-refractivity contribution in [2.45, 2.75) is 39.5 Å². The van der Waals surface area contributed by atoms with Gasteiger partial charge in [0.1, 0.15) is 11.9 Å². The monoisotopic (exact) mass is 246 g/mol. The summed E-state index contributed by atoms with van der Waals surface area (Å²) in [4.78, 5) is 4.18. The van der Waals surface area contributed by atoms with Gasteiger partial charge in [0.25, 0.3) is 0 Å². The van der Waals surface area contributed by atoms with E-state index in [1.54, 1.807) is 12.3 Å². The van der Waals surface area contributed by atoms with Gasteiger partial charge in [0.2, 0.25) is 0 Å². The van der Waals surface area contributed by atoms with Gasteiger partial charge in [-0.3, -0.25) is 0 Å². The molecule has 0 radical (unpaired) electrons. The van der Waals surface area contributed by atoms with E-state index in [0.717, 1.165) is 13.0 Å². The normalized spacial score (nSPS) is 11.8. The van der Waals surface area contributed by atoms with Crippen LogP contribution in [-0.4, -0.2) is 11.5 Å². The zero-order valence-corrected chi connectivity index (χ0v) is 11.2. The summed E-state index contributed by atoms with van der Waals surface area (Å²) in [5.74, 6) is 1.28. The Hall–Kier alpha value is -1.76. The number of unbranched alkanes of at least 4 members (excludes halogenated alkanes) is 1. The van der Waals surface area contributed by atoms with Crippen molar-refractivity contribution >= 4 is 11.5 Å². The number of pyridine rings is 1. The number of nitriles is 1. The molecule has 1 atom stereocenters. The lowest BCUT2D eigenvalue weighted by atomic mass is 9.99. The molecule has 1 aromatic heterocycles. The van der Waals surface area contributed by atoms with Crippen molar-refractivity contribution in [1.82, 2.24) is 4.98 Å². The van der Waals surface area contributed by atoms with Gasteiger partial charge in [-0.2, -0.15) is 5.26 Å². The topological polar surface area (TPSA) is 74.7 Å². The van der Waals surface area contributed by atoms with Gasteiger partial charge in [-0.15, -0.1) is 0 Å². The number of nitrogens with one attached hydrogen (secondary N) is 1. The summed E-state index contributed by atoms with van der Waals surface area (Å²) in [6.45, 7) is 5.27. The average Bonchev–Trinajstić information content (AvgIpc) is 2.40. The van der Waals surface area contributed by atoms with Crippen molar-refractivity contribution in [2.75, 3.05) is 17.6 Å². The van der Waals surface area contributed by atoms with E-state index in [9.17, 15) is 0 Å². The number of hydrogen-bond donors (Lipinski definition) is 2. The predicted octanol–water partition coefficient (Wildman–Crippen LogP) is 3.16. The molecule has 4 nitrogen and oxygen atoms in total. The van der Waals surface area contributed by atoms with E-state index in [2.05, 4.69) is 30.2 Å². The number of nitrogen functional groups attached to an aromatic ring is 1. The van der Waals surface area contributed by atoms with Gasteiger partial charge < -0.3 is 11.1 Å². The highest BCUT2D eigenvalue weighted by Crippen LogP contribution is 2.17. The predicted molar refractivity (Wildman–Crippen MR) is 75.2 cm³/mol. The van der Waals surface area contributed by atoms with Gasteiger partial charge in [0.05, 0.1) is 17.4 Å². The second-order valence-corrected chi connectivity index (χ2v) is 4.57. The standard InChI is InChI=1S/C14H22N4/c1-3-5-6-11(4-2)9-17-14-12(8-15)7-13(16)10-18-14/h7,10-11H,3-6,9,16H2,1-2H3,(H,17,18). The maximum Gasteiger partial charge on any atom is 0.144 e. The van der Waals surface area contributed by atoms with Crippen LogP contribution in [0.1, 0.15) is 45.1 Å². The molecule has 3 N–H and O–H groups in total. The van der Waals surface area contributed by atoms with E-state index in [1.807, 2.05) is 0 Å². The van der Waals surface area contributed by atoms with E-state index >= 15 is 0 Å². The zero-order chi connectivity index (χ0) is 13.4. The van der Waals surface area contributed by atoms with Gasteiger partial charge in [0, 0.05) is 6.54 Å². The van der Waals surface area contributed by atoms with E-state index in [-0.39, 0.29) is 0 Å². The molecule has 0 aliphatic heterocycles. The highest BCUT2D eigenvalue weighted by Gasteiger charge is 2.08. The molecule has 18 heavy (non-hydrogen) atoms. The van der Waals surface area contributed by atoms with Crippen LogP contribution < -0.4 is 11.1 Å². The first-order chi connectivity index (χ1) is 8.71. The molecule has 1 aromatic rings. The van der Waals surface area contributed by atoms with E-state index in [1.165, 1.54) is 19.3 Å². The van der Waals surface area contributed by atoms with Gasteiger partial charge in [-0.05, 0) is 18.4 Å². The Morgan fingerprint density at radius 3 is 2.89 bits per heavy atom. The van der Waals surface area contributed by atoms with Gasteiger partial charge >= 0.3 is 0 Å². The second kappa shape index (κ2) is 7.54. The fraction of sp³-hybridized carbons (Fsp3) is 0.571. The Balaban J connectivity index is 2.59. The summed E-state index contributed by atoms with van der Waals surface area (Å²) >= 11 is 0.